The molecule has 2 aromatic heterocycles. The van der Waals surface area contributed by atoms with Gasteiger partial charge in [-0.1, -0.05) is 23.7 Å². The van der Waals surface area contributed by atoms with Gasteiger partial charge in [-0.25, -0.2) is 4.98 Å². The van der Waals surface area contributed by atoms with Gasteiger partial charge in [-0.05, 0) is 29.8 Å². The van der Waals surface area contributed by atoms with Crippen molar-refractivity contribution < 1.29 is 4.79 Å². The fraction of sp³-hybridized carbons (Fsp3) is 0.0667. The Bertz CT molecular complexity index is 731. The van der Waals surface area contributed by atoms with E-state index in [2.05, 4.69) is 4.98 Å². The number of aromatic nitrogens is 2. The molecule has 0 bridgehead atoms. The topological polar surface area (TPSA) is 34.4 Å². The van der Waals surface area contributed by atoms with Crippen molar-refractivity contribution in [2.75, 3.05) is 0 Å². The van der Waals surface area contributed by atoms with E-state index in [0.717, 1.165) is 29.0 Å². The fourth-order valence-corrected chi connectivity index (χ4v) is 2.20. The Morgan fingerprint density at radius 2 is 2.00 bits per heavy atom. The van der Waals surface area contributed by atoms with Crippen molar-refractivity contribution >= 4 is 23.5 Å². The second-order valence-corrected chi connectivity index (χ2v) is 4.78. The minimum Gasteiger partial charge on any atom is -0.306 e. The lowest BCUT2D eigenvalue weighted by atomic mass is 10.1. The van der Waals surface area contributed by atoms with Gasteiger partial charge >= 0.3 is 0 Å². The summed E-state index contributed by atoms with van der Waals surface area (Å²) in [5.74, 6) is 0. The van der Waals surface area contributed by atoms with Gasteiger partial charge in [0.1, 0.15) is 5.65 Å². The van der Waals surface area contributed by atoms with E-state index in [0.29, 0.717) is 11.2 Å². The molecular formula is C15H11ClN2O. The van der Waals surface area contributed by atoms with E-state index in [4.69, 9.17) is 11.6 Å². The summed E-state index contributed by atoms with van der Waals surface area (Å²) in [6.45, 7) is 0. The third-order valence-corrected chi connectivity index (χ3v) is 3.24. The first-order valence-electron chi connectivity index (χ1n) is 5.92. The van der Waals surface area contributed by atoms with Crippen molar-refractivity contribution in [3.8, 4) is 0 Å². The van der Waals surface area contributed by atoms with Gasteiger partial charge in [0, 0.05) is 23.8 Å². The number of nitrogens with zero attached hydrogens (tertiary/aromatic N) is 2. The third-order valence-electron chi connectivity index (χ3n) is 2.99. The summed E-state index contributed by atoms with van der Waals surface area (Å²) in [6, 6.07) is 11.3. The van der Waals surface area contributed by atoms with E-state index < -0.39 is 0 Å². The van der Waals surface area contributed by atoms with Crippen LogP contribution in [0.25, 0.3) is 5.65 Å². The van der Waals surface area contributed by atoms with Crippen LogP contribution in [0, 0.1) is 0 Å². The molecule has 0 atom stereocenters. The third kappa shape index (κ3) is 2.37. The number of hydrogen-bond donors (Lipinski definition) is 0. The molecule has 0 radical (unpaired) electrons. The van der Waals surface area contributed by atoms with Crippen LogP contribution < -0.4 is 0 Å². The highest BCUT2D eigenvalue weighted by molar-refractivity contribution is 6.30. The molecule has 0 saturated carbocycles. The van der Waals surface area contributed by atoms with Crippen LogP contribution in [0.2, 0.25) is 5.02 Å². The summed E-state index contributed by atoms with van der Waals surface area (Å²) in [5, 5.41) is 0.724. The quantitative estimate of drug-likeness (QED) is 0.684. The number of hydrogen-bond acceptors (Lipinski definition) is 2. The molecule has 0 aliphatic rings. The Balaban J connectivity index is 1.97. The monoisotopic (exact) mass is 270 g/mol. The van der Waals surface area contributed by atoms with Gasteiger partial charge in [-0.3, -0.25) is 4.79 Å². The smallest absolute Gasteiger partial charge is 0.153 e. The first-order chi connectivity index (χ1) is 9.26. The van der Waals surface area contributed by atoms with Crippen LogP contribution in [0.1, 0.15) is 21.6 Å². The average molecular weight is 271 g/mol. The molecule has 0 saturated heterocycles. The van der Waals surface area contributed by atoms with Gasteiger partial charge in [0.2, 0.25) is 0 Å². The minimum absolute atomic E-state index is 0.602. The Morgan fingerprint density at radius 1 is 1.21 bits per heavy atom. The van der Waals surface area contributed by atoms with Crippen molar-refractivity contribution in [2.45, 2.75) is 6.42 Å². The fourth-order valence-electron chi connectivity index (χ4n) is 2.07. The highest BCUT2D eigenvalue weighted by Crippen LogP contribution is 2.15. The normalized spacial score (nSPS) is 10.8. The van der Waals surface area contributed by atoms with E-state index in [9.17, 15) is 4.79 Å². The molecule has 4 heteroatoms. The molecule has 0 aliphatic carbocycles. The van der Waals surface area contributed by atoms with Gasteiger partial charge < -0.3 is 4.40 Å². The standard InChI is InChI=1S/C15H11ClN2O/c16-13-5-3-11(4-6-13)8-14-9-18-7-1-2-12(10-19)15(18)17-14/h1-7,9-10H,8H2. The number of rotatable bonds is 3. The van der Waals surface area contributed by atoms with Crippen molar-refractivity contribution in [3.63, 3.8) is 0 Å². The average Bonchev–Trinajstić information content (AvgIpc) is 2.83. The van der Waals surface area contributed by atoms with Crippen molar-refractivity contribution in [1.29, 1.82) is 0 Å². The zero-order valence-electron chi connectivity index (χ0n) is 10.1. The maximum atomic E-state index is 11.0. The zero-order valence-corrected chi connectivity index (χ0v) is 10.8. The van der Waals surface area contributed by atoms with Gasteiger partial charge in [-0.2, -0.15) is 0 Å². The Hall–Kier alpha value is -2.13. The molecule has 0 N–H and O–H groups in total. The zero-order chi connectivity index (χ0) is 13.2. The number of carbonyl (C=O) groups is 1. The summed E-state index contributed by atoms with van der Waals surface area (Å²) in [4.78, 5) is 15.5. The predicted octanol–water partition coefficient (Wildman–Crippen LogP) is 3.39. The van der Waals surface area contributed by atoms with E-state index >= 15 is 0 Å². The van der Waals surface area contributed by atoms with Crippen molar-refractivity contribution in [2.24, 2.45) is 0 Å². The number of fused-ring (bicyclic) bond motifs is 1. The highest BCUT2D eigenvalue weighted by atomic mass is 35.5. The van der Waals surface area contributed by atoms with E-state index in [-0.39, 0.29) is 0 Å². The second kappa shape index (κ2) is 4.86. The summed E-state index contributed by atoms with van der Waals surface area (Å²) >= 11 is 5.86. The molecule has 0 aliphatic heterocycles. The van der Waals surface area contributed by atoms with E-state index in [1.165, 1.54) is 0 Å². The molecule has 94 valence electrons. The molecule has 0 fully saturated rings. The summed E-state index contributed by atoms with van der Waals surface area (Å²) in [6.07, 6.45) is 5.38. The first-order valence-corrected chi connectivity index (χ1v) is 6.30. The molecule has 0 spiro atoms. The molecular weight excluding hydrogens is 260 g/mol. The Labute approximate surface area is 115 Å². The number of benzene rings is 1. The van der Waals surface area contributed by atoms with Gasteiger partial charge in [0.15, 0.2) is 6.29 Å². The first kappa shape index (κ1) is 11.9. The van der Waals surface area contributed by atoms with Gasteiger partial charge in [0.05, 0.1) is 11.3 Å². The molecule has 2 heterocycles. The minimum atomic E-state index is 0.602. The van der Waals surface area contributed by atoms with Crippen LogP contribution in [-0.2, 0) is 6.42 Å². The number of carbonyl (C=O) groups excluding carboxylic acids is 1. The van der Waals surface area contributed by atoms with Crippen LogP contribution in [0.4, 0.5) is 0 Å². The van der Waals surface area contributed by atoms with Crippen LogP contribution in [0.15, 0.2) is 48.8 Å². The van der Waals surface area contributed by atoms with Crippen LogP contribution in [-0.4, -0.2) is 15.7 Å². The van der Waals surface area contributed by atoms with Crippen LogP contribution >= 0.6 is 11.6 Å². The van der Waals surface area contributed by atoms with Crippen LogP contribution in [0.3, 0.4) is 0 Å². The van der Waals surface area contributed by atoms with Crippen molar-refractivity contribution in [1.82, 2.24) is 9.38 Å². The highest BCUT2D eigenvalue weighted by Gasteiger charge is 2.06. The number of halogens is 1. The van der Waals surface area contributed by atoms with Crippen molar-refractivity contribution in [3.05, 3.63) is 70.6 Å². The number of imidazole rings is 1. The second-order valence-electron chi connectivity index (χ2n) is 4.35. The van der Waals surface area contributed by atoms with Gasteiger partial charge in [-0.15, -0.1) is 0 Å². The molecule has 3 aromatic rings. The maximum Gasteiger partial charge on any atom is 0.153 e. The summed E-state index contributed by atoms with van der Waals surface area (Å²) < 4.78 is 1.87. The summed E-state index contributed by atoms with van der Waals surface area (Å²) in [5.41, 5.74) is 3.36. The van der Waals surface area contributed by atoms with E-state index in [1.807, 2.05) is 47.1 Å². The SMILES string of the molecule is O=Cc1cccn2cc(Cc3ccc(Cl)cc3)nc12. The summed E-state index contributed by atoms with van der Waals surface area (Å²) in [7, 11) is 0. The molecule has 1 aromatic carbocycles. The molecule has 0 amide bonds. The predicted molar refractivity (Wildman–Crippen MR) is 74.8 cm³/mol. The maximum absolute atomic E-state index is 11.0. The number of aldehydes is 1. The largest absolute Gasteiger partial charge is 0.306 e. The lowest BCUT2D eigenvalue weighted by Crippen LogP contribution is -1.89. The molecule has 3 rings (SSSR count). The molecule has 0 unspecified atom stereocenters. The Morgan fingerprint density at radius 3 is 2.74 bits per heavy atom. The van der Waals surface area contributed by atoms with E-state index in [1.54, 1.807) is 6.07 Å². The lowest BCUT2D eigenvalue weighted by molar-refractivity contribution is 0.112. The lowest BCUT2D eigenvalue weighted by Gasteiger charge is -1.97. The van der Waals surface area contributed by atoms with Crippen LogP contribution in [0.5, 0.6) is 0 Å². The Kier molecular flexibility index (Phi) is 3.05. The molecule has 3 nitrogen and oxygen atoms in total. The van der Waals surface area contributed by atoms with Gasteiger partial charge in [0.25, 0.3) is 0 Å². The molecule has 19 heavy (non-hydrogen) atoms. The number of pyridine rings is 1.